The van der Waals surface area contributed by atoms with E-state index in [0.717, 1.165) is 116 Å². The van der Waals surface area contributed by atoms with Crippen LogP contribution in [0.25, 0.3) is 139 Å². The van der Waals surface area contributed by atoms with Gasteiger partial charge in [0, 0.05) is 54.3 Å². The molecule has 0 radical (unpaired) electrons. The van der Waals surface area contributed by atoms with Crippen LogP contribution in [-0.4, -0.2) is 11.3 Å². The molecule has 526 valence electrons. The lowest BCUT2D eigenvalue weighted by Crippen LogP contribution is -2.60. The maximum Gasteiger partial charge on any atom is 0.249 e. The molecule has 4 heteroatoms. The summed E-state index contributed by atoms with van der Waals surface area (Å²) < 4.78 is 78.0. The molecule has 0 saturated heterocycles. The minimum atomic E-state index is -0.728. The normalized spacial score (nSPS) is 14.8. The van der Waals surface area contributed by atoms with Gasteiger partial charge in [0.05, 0.1) is 38.5 Å². The average Bonchev–Trinajstić information content (AvgIpc) is 1.48. The first kappa shape index (κ1) is 56.2. The third kappa shape index (κ3) is 8.72. The molecular weight excluding hydrogens is 1390 g/mol. The number of aromatic nitrogens is 1. The zero-order valence-corrected chi connectivity index (χ0v) is 62.3. The Morgan fingerprint density at radius 1 is 0.272 bits per heavy atom. The van der Waals surface area contributed by atoms with Gasteiger partial charge in [0.15, 0.2) is 0 Å². The van der Waals surface area contributed by atoms with Gasteiger partial charge in [0.1, 0.15) is 0 Å². The maximum atomic E-state index is 9.95. The van der Waals surface area contributed by atoms with Crippen LogP contribution in [0.1, 0.15) is 55.5 Å². The van der Waals surface area contributed by atoms with Crippen molar-refractivity contribution in [3.05, 3.63) is 451 Å². The number of anilines is 3. The van der Waals surface area contributed by atoms with E-state index in [2.05, 4.69) is 345 Å². The second-order valence-corrected chi connectivity index (χ2v) is 32.0. The van der Waals surface area contributed by atoms with Crippen LogP contribution in [0.15, 0.2) is 416 Å². The molecule has 18 aromatic carbocycles. The standard InChI is InChI=1S/C110H67BN2S/c1-4-27-68(28-5-1)71-33-24-35-75(61-71)79-44-26-45-80(76-36-25-34-72(62-76)69-29-6-2-7-30-69)107(79)113-102-67-78(112-100-51-22-15-42-86(100)87-43-16-23-52-101(87)112)55-59-98(102)111-99-60-58-97-105(108(99)114-104-66-77(65-103(113)106(104)111)70-31-8-3-9-32-70)89-64-74(54-57-96(89)110(97)92-48-19-12-39-83(92)84-40-13-20-49-93(84)110)73-53-56-95-88(63-73)85-41-14-21-50-94(85)109(95)90-46-17-10-37-81(90)82-38-11-18-47-91(82)109/h1-67H/i15D,16D,22D,23D,42D,43D,51D,52D. The van der Waals surface area contributed by atoms with E-state index < -0.39 is 53.8 Å². The number of hydrogen-bond donors (Lipinski definition) is 0. The number of hydrogen-bond acceptors (Lipinski definition) is 2. The van der Waals surface area contributed by atoms with Crippen molar-refractivity contribution in [1.29, 1.82) is 0 Å². The average molecular weight is 1470 g/mol. The summed E-state index contributed by atoms with van der Waals surface area (Å²) in [4.78, 5) is 4.69. The molecule has 0 fully saturated rings. The van der Waals surface area contributed by atoms with Gasteiger partial charge in [0.2, 0.25) is 6.71 Å². The quantitative estimate of drug-likeness (QED) is 0.140. The topological polar surface area (TPSA) is 8.17 Å². The van der Waals surface area contributed by atoms with Crippen molar-refractivity contribution in [1.82, 2.24) is 4.57 Å². The van der Waals surface area contributed by atoms with Crippen molar-refractivity contribution in [3.8, 4) is 117 Å². The number of benzene rings is 18. The summed E-state index contributed by atoms with van der Waals surface area (Å²) in [5, 5.41) is 0.0211. The number of fused-ring (bicyclic) bond motifs is 28. The molecule has 0 bridgehead atoms. The van der Waals surface area contributed by atoms with Gasteiger partial charge >= 0.3 is 0 Å². The minimum Gasteiger partial charge on any atom is -0.310 e. The molecule has 0 saturated carbocycles. The molecule has 0 atom stereocenters. The van der Waals surface area contributed by atoms with Crippen LogP contribution in [0.2, 0.25) is 0 Å². The lowest BCUT2D eigenvalue weighted by molar-refractivity contribution is 0.793. The van der Waals surface area contributed by atoms with E-state index in [1.54, 1.807) is 4.57 Å². The Morgan fingerprint density at radius 2 is 0.667 bits per heavy atom. The minimum absolute atomic E-state index is 0.0105. The molecule has 19 aromatic rings. The Labute approximate surface area is 678 Å². The third-order valence-corrected chi connectivity index (χ3v) is 26.7. The number of rotatable bonds is 8. The summed E-state index contributed by atoms with van der Waals surface area (Å²) in [7, 11) is 0. The highest BCUT2D eigenvalue weighted by atomic mass is 32.2. The summed E-state index contributed by atoms with van der Waals surface area (Å²) in [5.74, 6) is 0. The predicted molar refractivity (Wildman–Crippen MR) is 476 cm³/mol. The second kappa shape index (κ2) is 24.2. The van der Waals surface area contributed by atoms with Crippen LogP contribution in [-0.2, 0) is 10.8 Å². The molecule has 3 heterocycles. The van der Waals surface area contributed by atoms with Crippen LogP contribution in [0, 0.1) is 0 Å². The van der Waals surface area contributed by atoms with Crippen LogP contribution >= 0.6 is 11.8 Å². The largest absolute Gasteiger partial charge is 0.310 e. The van der Waals surface area contributed by atoms with Gasteiger partial charge in [-0.3, -0.25) is 0 Å². The highest BCUT2D eigenvalue weighted by Crippen LogP contribution is 2.67. The highest BCUT2D eigenvalue weighted by Gasteiger charge is 2.55. The monoisotopic (exact) mass is 1470 g/mol. The molecule has 1 aromatic heterocycles. The zero-order chi connectivity index (χ0) is 81.4. The first-order valence-corrected chi connectivity index (χ1v) is 40.0. The Bertz CT molecular complexity index is 7600. The Hall–Kier alpha value is -14.0. The van der Waals surface area contributed by atoms with E-state index in [1.807, 2.05) is 30.0 Å². The summed E-state index contributed by atoms with van der Waals surface area (Å²) in [6, 6.07) is 128. The van der Waals surface area contributed by atoms with Crippen molar-refractivity contribution in [2.45, 2.75) is 20.6 Å². The van der Waals surface area contributed by atoms with Gasteiger partial charge in [-0.1, -0.05) is 363 Å². The molecule has 0 amide bonds. The summed E-state index contributed by atoms with van der Waals surface area (Å²) in [5.41, 5.74) is 37.3. The van der Waals surface area contributed by atoms with E-state index in [4.69, 9.17) is 2.74 Å². The first-order valence-electron chi connectivity index (χ1n) is 43.2. The molecule has 2 nitrogen and oxygen atoms in total. The summed E-state index contributed by atoms with van der Waals surface area (Å²) >= 11 is 1.85. The molecule has 2 spiro atoms. The fourth-order valence-corrected chi connectivity index (χ4v) is 22.3. The Morgan fingerprint density at radius 3 is 1.20 bits per heavy atom. The Balaban J connectivity index is 0.785. The van der Waals surface area contributed by atoms with Crippen molar-refractivity contribution in [2.24, 2.45) is 0 Å². The lowest BCUT2D eigenvalue weighted by atomic mass is 9.34. The SMILES string of the molecule is [2H]c1c([2H])c([2H])c2c(c1[2H])c1c([2H])c([2H])c([2H])c([2H])c1n2-c1ccc2c(c1)N(c1c(-c3cccc(-c4ccccc4)c3)cccc1-c1cccc(-c3ccccc3)c1)c1cc(-c3ccccc3)cc3c1B2c1ccc2c(c1S3)-c1cc(-c3ccc4c(c3)-c3ccccc3C43c4ccccc4-c4ccccc43)ccc1C21c2ccccc2-c2ccccc21. The van der Waals surface area contributed by atoms with Crippen LogP contribution in [0.5, 0.6) is 0 Å². The lowest BCUT2D eigenvalue weighted by Gasteiger charge is -2.42. The molecule has 25 rings (SSSR count). The van der Waals surface area contributed by atoms with Crippen molar-refractivity contribution in [3.63, 3.8) is 0 Å². The predicted octanol–water partition coefficient (Wildman–Crippen LogP) is 26.2. The molecule has 4 aliphatic carbocycles. The van der Waals surface area contributed by atoms with E-state index in [1.165, 1.54) is 83.5 Å². The van der Waals surface area contributed by atoms with Crippen molar-refractivity contribution >= 4 is 73.7 Å². The van der Waals surface area contributed by atoms with Gasteiger partial charge in [-0.05, 0) is 211 Å². The number of nitrogens with zero attached hydrogens (tertiary/aromatic N) is 2. The number of para-hydroxylation sites is 3. The molecular formula is C110H67BN2S. The molecule has 0 unspecified atom stereocenters. The van der Waals surface area contributed by atoms with Crippen LogP contribution in [0.3, 0.4) is 0 Å². The van der Waals surface area contributed by atoms with Crippen LogP contribution < -0.4 is 21.3 Å². The van der Waals surface area contributed by atoms with E-state index >= 15 is 0 Å². The van der Waals surface area contributed by atoms with E-state index in [0.29, 0.717) is 5.69 Å². The van der Waals surface area contributed by atoms with Crippen molar-refractivity contribution in [2.75, 3.05) is 4.90 Å². The van der Waals surface area contributed by atoms with Gasteiger partial charge in [-0.15, -0.1) is 0 Å². The fourth-order valence-electron chi connectivity index (χ4n) is 21.0. The van der Waals surface area contributed by atoms with E-state index in [-0.39, 0.29) is 33.9 Å². The molecule has 114 heavy (non-hydrogen) atoms. The Kier molecular flexibility index (Phi) is 12.0. The fraction of sp³-hybridized carbons (Fsp3) is 0.0182. The van der Waals surface area contributed by atoms with E-state index in [9.17, 15) is 8.22 Å². The van der Waals surface area contributed by atoms with Crippen molar-refractivity contribution < 1.29 is 11.0 Å². The zero-order valence-electron chi connectivity index (χ0n) is 69.4. The maximum absolute atomic E-state index is 9.95. The molecule has 0 N–H and O–H groups in total. The highest BCUT2D eigenvalue weighted by molar-refractivity contribution is 8.00. The summed E-state index contributed by atoms with van der Waals surface area (Å²) in [6.07, 6.45) is 0. The smallest absolute Gasteiger partial charge is 0.249 e. The molecule has 2 aliphatic heterocycles. The van der Waals surface area contributed by atoms with Gasteiger partial charge in [-0.25, -0.2) is 0 Å². The molecule has 6 aliphatic rings. The second-order valence-electron chi connectivity index (χ2n) is 30.9. The third-order valence-electron chi connectivity index (χ3n) is 25.5. The van der Waals surface area contributed by atoms with Gasteiger partial charge in [0.25, 0.3) is 0 Å². The summed E-state index contributed by atoms with van der Waals surface area (Å²) in [6.45, 7) is -0.459. The van der Waals surface area contributed by atoms with Crippen LogP contribution in [0.4, 0.5) is 17.1 Å². The first-order chi connectivity index (χ1) is 59.9. The van der Waals surface area contributed by atoms with Gasteiger partial charge in [-0.2, -0.15) is 0 Å². The van der Waals surface area contributed by atoms with Gasteiger partial charge < -0.3 is 9.47 Å².